The van der Waals surface area contributed by atoms with Crippen molar-refractivity contribution in [2.75, 3.05) is 7.05 Å². The smallest absolute Gasteiger partial charge is 0.243 e. The Kier molecular flexibility index (Phi) is 3.69. The highest BCUT2D eigenvalue weighted by Gasteiger charge is 2.21. The van der Waals surface area contributed by atoms with E-state index in [0.717, 1.165) is 5.56 Å². The largest absolute Gasteiger partial charge is 0.472 e. The monoisotopic (exact) mass is 276 g/mol. The number of rotatable bonds is 4. The zero-order valence-corrected chi connectivity index (χ0v) is 11.1. The molecule has 0 aliphatic carbocycles. The summed E-state index contributed by atoms with van der Waals surface area (Å²) in [6, 6.07) is 9.59. The lowest BCUT2D eigenvalue weighted by molar-refractivity contribution is 0.463. The second-order valence-corrected chi connectivity index (χ2v) is 6.08. The summed E-state index contributed by atoms with van der Waals surface area (Å²) in [4.78, 5) is 0.109. The Morgan fingerprint density at radius 3 is 2.79 bits per heavy atom. The van der Waals surface area contributed by atoms with Crippen molar-refractivity contribution in [3.8, 4) is 6.07 Å². The third-order valence-corrected chi connectivity index (χ3v) is 4.46. The fourth-order valence-electron chi connectivity index (χ4n) is 1.63. The zero-order valence-electron chi connectivity index (χ0n) is 10.3. The molecule has 0 amide bonds. The van der Waals surface area contributed by atoms with Gasteiger partial charge >= 0.3 is 0 Å². The minimum atomic E-state index is -3.61. The lowest BCUT2D eigenvalue weighted by Crippen LogP contribution is -2.26. The topological polar surface area (TPSA) is 74.3 Å². The number of hydrogen-bond donors (Lipinski definition) is 0. The van der Waals surface area contributed by atoms with Crippen molar-refractivity contribution < 1.29 is 12.8 Å². The van der Waals surface area contributed by atoms with E-state index in [-0.39, 0.29) is 11.4 Å². The molecule has 19 heavy (non-hydrogen) atoms. The van der Waals surface area contributed by atoms with Crippen LogP contribution in [0.2, 0.25) is 0 Å². The number of hydrogen-bond acceptors (Lipinski definition) is 4. The number of furan rings is 1. The second kappa shape index (κ2) is 5.26. The van der Waals surface area contributed by atoms with Gasteiger partial charge < -0.3 is 4.42 Å². The van der Waals surface area contributed by atoms with E-state index in [2.05, 4.69) is 0 Å². The summed E-state index contributed by atoms with van der Waals surface area (Å²) in [5.41, 5.74) is 1.08. The molecule has 0 aliphatic heterocycles. The van der Waals surface area contributed by atoms with Gasteiger partial charge in [-0.2, -0.15) is 9.57 Å². The van der Waals surface area contributed by atoms with E-state index in [9.17, 15) is 8.42 Å². The molecule has 0 radical (unpaired) electrons. The Hall–Kier alpha value is -2.10. The summed E-state index contributed by atoms with van der Waals surface area (Å²) < 4.78 is 30.7. The molecule has 0 aliphatic rings. The van der Waals surface area contributed by atoms with Crippen LogP contribution < -0.4 is 0 Å². The van der Waals surface area contributed by atoms with Crippen molar-refractivity contribution in [2.24, 2.45) is 0 Å². The Bertz CT molecular complexity index is 700. The van der Waals surface area contributed by atoms with Gasteiger partial charge in [0.25, 0.3) is 0 Å². The summed E-state index contributed by atoms with van der Waals surface area (Å²) in [6.07, 6.45) is 2.99. The van der Waals surface area contributed by atoms with Crippen LogP contribution in [0.25, 0.3) is 0 Å². The molecule has 1 aromatic carbocycles. The number of sulfonamides is 1. The van der Waals surface area contributed by atoms with Crippen molar-refractivity contribution in [2.45, 2.75) is 11.4 Å². The molecule has 0 bridgehead atoms. The Morgan fingerprint density at radius 2 is 2.16 bits per heavy atom. The SMILES string of the molecule is CN(Cc1ccoc1)S(=O)(=O)c1cccc(C#N)c1. The third kappa shape index (κ3) is 2.84. The van der Waals surface area contributed by atoms with Crippen LogP contribution >= 0.6 is 0 Å². The van der Waals surface area contributed by atoms with Gasteiger partial charge in [0.05, 0.1) is 29.1 Å². The molecule has 0 N–H and O–H groups in total. The second-order valence-electron chi connectivity index (χ2n) is 4.03. The average Bonchev–Trinajstić information content (AvgIpc) is 2.91. The normalized spacial score (nSPS) is 11.4. The molecule has 0 fully saturated rings. The molecule has 2 aromatic rings. The Morgan fingerprint density at radius 1 is 1.37 bits per heavy atom. The van der Waals surface area contributed by atoms with E-state index in [1.807, 2.05) is 6.07 Å². The van der Waals surface area contributed by atoms with Gasteiger partial charge in [-0.25, -0.2) is 8.42 Å². The van der Waals surface area contributed by atoms with Crippen LogP contribution in [-0.4, -0.2) is 19.8 Å². The summed E-state index contributed by atoms with van der Waals surface area (Å²) in [7, 11) is -2.12. The Balaban J connectivity index is 2.28. The maximum atomic E-state index is 12.3. The lowest BCUT2D eigenvalue weighted by atomic mass is 10.2. The van der Waals surface area contributed by atoms with Gasteiger partial charge in [0.15, 0.2) is 0 Å². The van der Waals surface area contributed by atoms with Crippen LogP contribution in [0.3, 0.4) is 0 Å². The molecule has 2 rings (SSSR count). The number of benzene rings is 1. The highest BCUT2D eigenvalue weighted by molar-refractivity contribution is 7.89. The van der Waals surface area contributed by atoms with Gasteiger partial charge in [0, 0.05) is 19.2 Å². The highest BCUT2D eigenvalue weighted by atomic mass is 32.2. The lowest BCUT2D eigenvalue weighted by Gasteiger charge is -2.16. The van der Waals surface area contributed by atoms with Gasteiger partial charge in [-0.1, -0.05) is 6.07 Å². The highest BCUT2D eigenvalue weighted by Crippen LogP contribution is 2.17. The third-order valence-electron chi connectivity index (χ3n) is 2.66. The van der Waals surface area contributed by atoms with Gasteiger partial charge in [0.1, 0.15) is 0 Å². The summed E-state index contributed by atoms with van der Waals surface area (Å²) >= 11 is 0. The molecule has 0 saturated heterocycles. The van der Waals surface area contributed by atoms with Crippen molar-refractivity contribution >= 4 is 10.0 Å². The fourth-order valence-corrected chi connectivity index (χ4v) is 2.84. The molecular weight excluding hydrogens is 264 g/mol. The van der Waals surface area contributed by atoms with Gasteiger partial charge in [-0.05, 0) is 24.3 Å². The minimum absolute atomic E-state index is 0.109. The predicted molar refractivity (Wildman–Crippen MR) is 68.5 cm³/mol. The standard InChI is InChI=1S/C13H12N2O3S/c1-15(9-12-5-6-18-10-12)19(16,17)13-4-2-3-11(7-13)8-14/h2-7,10H,9H2,1H3. The van der Waals surface area contributed by atoms with Crippen molar-refractivity contribution in [3.05, 3.63) is 54.0 Å². The fraction of sp³-hybridized carbons (Fsp3) is 0.154. The predicted octanol–water partition coefficient (Wildman–Crippen LogP) is 1.97. The van der Waals surface area contributed by atoms with E-state index >= 15 is 0 Å². The summed E-state index contributed by atoms with van der Waals surface area (Å²) in [5.74, 6) is 0. The first-order valence-electron chi connectivity index (χ1n) is 5.51. The maximum Gasteiger partial charge on any atom is 0.243 e. The van der Waals surface area contributed by atoms with Gasteiger partial charge in [0.2, 0.25) is 10.0 Å². The molecular formula is C13H12N2O3S. The minimum Gasteiger partial charge on any atom is -0.472 e. The first-order chi connectivity index (χ1) is 9.04. The van der Waals surface area contributed by atoms with Crippen LogP contribution in [0.4, 0.5) is 0 Å². The van der Waals surface area contributed by atoms with E-state index in [0.29, 0.717) is 5.56 Å². The number of nitriles is 1. The van der Waals surface area contributed by atoms with Gasteiger partial charge in [-0.15, -0.1) is 0 Å². The number of nitrogens with zero attached hydrogens (tertiary/aromatic N) is 2. The van der Waals surface area contributed by atoms with E-state index < -0.39 is 10.0 Å². The van der Waals surface area contributed by atoms with Crippen LogP contribution in [-0.2, 0) is 16.6 Å². The molecule has 1 heterocycles. The maximum absolute atomic E-state index is 12.3. The molecule has 0 spiro atoms. The molecule has 98 valence electrons. The average molecular weight is 276 g/mol. The quantitative estimate of drug-likeness (QED) is 0.855. The van der Waals surface area contributed by atoms with Crippen LogP contribution in [0.5, 0.6) is 0 Å². The van der Waals surface area contributed by atoms with E-state index in [4.69, 9.17) is 9.68 Å². The molecule has 1 aromatic heterocycles. The molecule has 0 unspecified atom stereocenters. The zero-order chi connectivity index (χ0) is 13.9. The van der Waals surface area contributed by atoms with Crippen LogP contribution in [0.15, 0.2) is 52.2 Å². The first kappa shape index (κ1) is 13.3. The van der Waals surface area contributed by atoms with Crippen LogP contribution in [0, 0.1) is 11.3 Å². The van der Waals surface area contributed by atoms with Crippen molar-refractivity contribution in [1.82, 2.24) is 4.31 Å². The molecule has 5 nitrogen and oxygen atoms in total. The summed E-state index contributed by atoms with van der Waals surface area (Å²) in [5, 5.41) is 8.80. The van der Waals surface area contributed by atoms with Crippen molar-refractivity contribution in [1.29, 1.82) is 5.26 Å². The molecule has 6 heteroatoms. The summed E-state index contributed by atoms with van der Waals surface area (Å²) in [6.45, 7) is 0.218. The van der Waals surface area contributed by atoms with Crippen LogP contribution in [0.1, 0.15) is 11.1 Å². The van der Waals surface area contributed by atoms with Crippen molar-refractivity contribution in [3.63, 3.8) is 0 Å². The van der Waals surface area contributed by atoms with E-state index in [1.165, 1.54) is 36.0 Å². The Labute approximate surface area is 111 Å². The molecule has 0 saturated carbocycles. The first-order valence-corrected chi connectivity index (χ1v) is 6.95. The van der Waals surface area contributed by atoms with Gasteiger partial charge in [-0.3, -0.25) is 0 Å². The van der Waals surface area contributed by atoms with E-state index in [1.54, 1.807) is 18.2 Å². The molecule has 0 atom stereocenters.